The first-order valence-corrected chi connectivity index (χ1v) is 6.96. The van der Waals surface area contributed by atoms with Crippen molar-refractivity contribution < 1.29 is 18.8 Å². The van der Waals surface area contributed by atoms with Gasteiger partial charge >= 0.3 is 5.97 Å². The molecule has 0 saturated carbocycles. The number of carbonyl (C=O) groups excluding carboxylic acids is 2. The van der Waals surface area contributed by atoms with E-state index in [2.05, 4.69) is 9.89 Å². The van der Waals surface area contributed by atoms with Crippen LogP contribution in [0.25, 0.3) is 11.3 Å². The van der Waals surface area contributed by atoms with Crippen LogP contribution in [0.5, 0.6) is 0 Å². The molecule has 6 heteroatoms. The van der Waals surface area contributed by atoms with Crippen molar-refractivity contribution in [2.75, 3.05) is 20.7 Å². The van der Waals surface area contributed by atoms with E-state index in [4.69, 9.17) is 4.52 Å². The summed E-state index contributed by atoms with van der Waals surface area (Å²) in [7, 11) is 3.01. The van der Waals surface area contributed by atoms with Crippen LogP contribution in [0.15, 0.2) is 40.9 Å². The fraction of sp³-hybridized carbons (Fsp3) is 0.312. The van der Waals surface area contributed by atoms with Crippen LogP contribution in [-0.4, -0.2) is 42.6 Å². The SMILES string of the molecule is COC(=O)CCCN(C)C(=O)c1cc(-c2ccccc2)on1. The molecule has 6 nitrogen and oxygen atoms in total. The quantitative estimate of drug-likeness (QED) is 0.766. The fourth-order valence-electron chi connectivity index (χ4n) is 1.97. The van der Waals surface area contributed by atoms with E-state index in [1.54, 1.807) is 13.1 Å². The summed E-state index contributed by atoms with van der Waals surface area (Å²) >= 11 is 0. The highest BCUT2D eigenvalue weighted by molar-refractivity contribution is 5.93. The van der Waals surface area contributed by atoms with E-state index in [0.29, 0.717) is 18.7 Å². The maximum Gasteiger partial charge on any atom is 0.305 e. The van der Waals surface area contributed by atoms with Gasteiger partial charge in [-0.25, -0.2) is 0 Å². The highest BCUT2D eigenvalue weighted by Gasteiger charge is 2.17. The molecule has 1 aromatic carbocycles. The third-order valence-electron chi connectivity index (χ3n) is 3.24. The molecule has 1 amide bonds. The molecule has 0 saturated heterocycles. The smallest absolute Gasteiger partial charge is 0.305 e. The topological polar surface area (TPSA) is 72.6 Å². The molecule has 2 rings (SSSR count). The molecular formula is C16H18N2O4. The molecular weight excluding hydrogens is 284 g/mol. The highest BCUT2D eigenvalue weighted by Crippen LogP contribution is 2.20. The van der Waals surface area contributed by atoms with Crippen LogP contribution in [0, 0.1) is 0 Å². The van der Waals surface area contributed by atoms with Gasteiger partial charge in [-0.1, -0.05) is 35.5 Å². The van der Waals surface area contributed by atoms with E-state index in [1.165, 1.54) is 12.0 Å². The Morgan fingerprint density at radius 2 is 2.00 bits per heavy atom. The van der Waals surface area contributed by atoms with Gasteiger partial charge in [0.25, 0.3) is 5.91 Å². The second-order valence-corrected chi connectivity index (χ2v) is 4.85. The maximum atomic E-state index is 12.2. The van der Waals surface area contributed by atoms with Crippen molar-refractivity contribution in [3.63, 3.8) is 0 Å². The molecule has 0 aliphatic rings. The number of methoxy groups -OCH3 is 1. The second-order valence-electron chi connectivity index (χ2n) is 4.85. The Hall–Kier alpha value is -2.63. The Morgan fingerprint density at radius 1 is 1.27 bits per heavy atom. The predicted octanol–water partition coefficient (Wildman–Crippen LogP) is 2.37. The zero-order valence-corrected chi connectivity index (χ0v) is 12.6. The minimum absolute atomic E-state index is 0.240. The Labute approximate surface area is 128 Å². The van der Waals surface area contributed by atoms with Crippen LogP contribution in [-0.2, 0) is 9.53 Å². The Kier molecular flexibility index (Phi) is 5.30. The van der Waals surface area contributed by atoms with Gasteiger partial charge in [-0.05, 0) is 6.42 Å². The van der Waals surface area contributed by atoms with Crippen LogP contribution in [0.3, 0.4) is 0 Å². The lowest BCUT2D eigenvalue weighted by molar-refractivity contribution is -0.140. The van der Waals surface area contributed by atoms with Crippen molar-refractivity contribution in [3.05, 3.63) is 42.1 Å². The molecule has 1 aromatic heterocycles. The molecule has 0 N–H and O–H groups in total. The van der Waals surface area contributed by atoms with Crippen LogP contribution in [0.4, 0.5) is 0 Å². The van der Waals surface area contributed by atoms with E-state index < -0.39 is 0 Å². The fourth-order valence-corrected chi connectivity index (χ4v) is 1.97. The second kappa shape index (κ2) is 7.40. The number of rotatable bonds is 6. The van der Waals surface area contributed by atoms with Crippen molar-refractivity contribution in [1.82, 2.24) is 10.1 Å². The summed E-state index contributed by atoms with van der Waals surface area (Å²) in [4.78, 5) is 24.8. The van der Waals surface area contributed by atoms with Gasteiger partial charge < -0.3 is 14.2 Å². The molecule has 0 aliphatic heterocycles. The van der Waals surface area contributed by atoms with E-state index >= 15 is 0 Å². The summed E-state index contributed by atoms with van der Waals surface area (Å²) in [5.74, 6) is 0.0244. The van der Waals surface area contributed by atoms with Gasteiger partial charge in [0.2, 0.25) is 0 Å². The standard InChI is InChI=1S/C16H18N2O4/c1-18(10-6-9-15(19)21-2)16(20)13-11-14(22-17-13)12-7-4-3-5-8-12/h3-5,7-8,11H,6,9-10H2,1-2H3. The van der Waals surface area contributed by atoms with Gasteiger partial charge in [0.1, 0.15) is 0 Å². The normalized spacial score (nSPS) is 10.3. The molecule has 0 bridgehead atoms. The summed E-state index contributed by atoms with van der Waals surface area (Å²) in [5, 5.41) is 3.82. The number of amides is 1. The number of carbonyl (C=O) groups is 2. The van der Waals surface area contributed by atoms with Crippen LogP contribution >= 0.6 is 0 Å². The lowest BCUT2D eigenvalue weighted by Crippen LogP contribution is -2.28. The number of benzene rings is 1. The number of nitrogens with zero attached hydrogens (tertiary/aromatic N) is 2. The average molecular weight is 302 g/mol. The number of hydrogen-bond acceptors (Lipinski definition) is 5. The van der Waals surface area contributed by atoms with Gasteiger partial charge in [-0.3, -0.25) is 9.59 Å². The Bertz CT molecular complexity index is 637. The summed E-state index contributed by atoms with van der Waals surface area (Å²) in [6.45, 7) is 0.446. The minimum atomic E-state index is -0.284. The zero-order valence-electron chi connectivity index (χ0n) is 12.6. The molecule has 116 valence electrons. The predicted molar refractivity (Wildman–Crippen MR) is 80.1 cm³/mol. The van der Waals surface area contributed by atoms with Gasteiger partial charge in [0.15, 0.2) is 11.5 Å². The molecule has 0 spiro atoms. The summed E-state index contributed by atoms with van der Waals surface area (Å²) < 4.78 is 9.77. The van der Waals surface area contributed by atoms with E-state index in [0.717, 1.165) is 5.56 Å². The monoisotopic (exact) mass is 302 g/mol. The van der Waals surface area contributed by atoms with Crippen LogP contribution < -0.4 is 0 Å². The number of hydrogen-bond donors (Lipinski definition) is 0. The lowest BCUT2D eigenvalue weighted by Gasteiger charge is -2.14. The van der Waals surface area contributed by atoms with Gasteiger partial charge in [0.05, 0.1) is 7.11 Å². The van der Waals surface area contributed by atoms with Crippen molar-refractivity contribution in [2.45, 2.75) is 12.8 Å². The molecule has 0 radical (unpaired) electrons. The van der Waals surface area contributed by atoms with Crippen LogP contribution in [0.2, 0.25) is 0 Å². The highest BCUT2D eigenvalue weighted by atomic mass is 16.5. The van der Waals surface area contributed by atoms with Crippen LogP contribution in [0.1, 0.15) is 23.3 Å². The average Bonchev–Trinajstić information content (AvgIpc) is 3.04. The molecule has 0 unspecified atom stereocenters. The maximum absolute atomic E-state index is 12.2. The number of aromatic nitrogens is 1. The van der Waals surface area contributed by atoms with Gasteiger partial charge in [0, 0.05) is 31.6 Å². The molecule has 0 aliphatic carbocycles. The van der Waals surface area contributed by atoms with Gasteiger partial charge in [-0.15, -0.1) is 0 Å². The van der Waals surface area contributed by atoms with E-state index in [-0.39, 0.29) is 24.0 Å². The van der Waals surface area contributed by atoms with Crippen molar-refractivity contribution >= 4 is 11.9 Å². The van der Waals surface area contributed by atoms with E-state index in [1.807, 2.05) is 30.3 Å². The molecule has 1 heterocycles. The zero-order chi connectivity index (χ0) is 15.9. The molecule has 2 aromatic rings. The minimum Gasteiger partial charge on any atom is -0.469 e. The van der Waals surface area contributed by atoms with Crippen molar-refractivity contribution in [1.29, 1.82) is 0 Å². The molecule has 0 atom stereocenters. The summed E-state index contributed by atoms with van der Waals surface area (Å²) in [6, 6.07) is 11.1. The summed E-state index contributed by atoms with van der Waals surface area (Å²) in [6.07, 6.45) is 0.820. The molecule has 0 fully saturated rings. The third kappa shape index (κ3) is 3.94. The van der Waals surface area contributed by atoms with Crippen molar-refractivity contribution in [3.8, 4) is 11.3 Å². The largest absolute Gasteiger partial charge is 0.469 e. The third-order valence-corrected chi connectivity index (χ3v) is 3.24. The Balaban J connectivity index is 1.95. The van der Waals surface area contributed by atoms with E-state index in [9.17, 15) is 9.59 Å². The Morgan fingerprint density at radius 3 is 2.68 bits per heavy atom. The van der Waals surface area contributed by atoms with Gasteiger partial charge in [-0.2, -0.15) is 0 Å². The van der Waals surface area contributed by atoms with Crippen molar-refractivity contribution in [2.24, 2.45) is 0 Å². The number of esters is 1. The summed E-state index contributed by atoms with van der Waals surface area (Å²) in [5.41, 5.74) is 1.11. The number of ether oxygens (including phenoxy) is 1. The lowest BCUT2D eigenvalue weighted by atomic mass is 10.1. The molecule has 22 heavy (non-hydrogen) atoms. The first-order chi connectivity index (χ1) is 10.6. The first-order valence-electron chi connectivity index (χ1n) is 6.96. The first kappa shape index (κ1) is 15.8.